The van der Waals surface area contributed by atoms with Gasteiger partial charge in [0.15, 0.2) is 0 Å². The Morgan fingerprint density at radius 1 is 0.429 bits per heavy atom. The van der Waals surface area contributed by atoms with Crippen LogP contribution in [-0.4, -0.2) is 144 Å². The van der Waals surface area contributed by atoms with Crippen molar-refractivity contribution in [3.8, 4) is 28.7 Å². The number of aromatic nitrogens is 6. The summed E-state index contributed by atoms with van der Waals surface area (Å²) in [6, 6.07) is 76.9. The Morgan fingerprint density at radius 3 is 1.32 bits per heavy atom. The second-order valence-corrected chi connectivity index (χ2v) is 36.8. The van der Waals surface area contributed by atoms with E-state index >= 15 is 0 Å². The minimum absolute atomic E-state index is 0.0468. The standard InChI is InChI=1S/2C24H23F3N2O.C23H25ClN2O2.C23H26F3N3O.C21H20ClF3N2OS/c2*25-24(26,27)20-8-10-21(11-9-20)30-16-4-14-29-15-12-18-5-1-2-7-22(18)23(29)19-6-3-13-28-17-19;1-18-8-10-22(11-9-18)28-17-21(27)16-26(14-19-5-4-12-25-13-19)15-20-6-2-3-7-23(20)24;1-18-6-3-4-7-19(18)16-29(17-22-27-12-14-28(22)2)13-5-15-30-21-10-8-20(9-11-21)23(24,25)26;22-20-5-2-1-4-16(20)13-27(14-19-12-26-15-29-19)10-3-11-28-18-8-6-17(7-9-18)21(23,24)25/h2*1-3,5-11,13,17,23H,4,12,14-16H2;2-13,21,27H,14-17H2,1H3;3-4,6-12,14H,5,13,15-17H2,1-2H3;1-2,4-9,12,15H,3,10-11,13-14H2/i23D;;14D2;;. The largest absolute Gasteiger partial charge is 0.494 e. The molecule has 0 radical (unpaired) electrons. The van der Waals surface area contributed by atoms with Crippen LogP contribution in [0.15, 0.2) is 340 Å². The van der Waals surface area contributed by atoms with Gasteiger partial charge in [0.1, 0.15) is 47.3 Å². The molecule has 15 aromatic rings. The van der Waals surface area contributed by atoms with Crippen molar-refractivity contribution in [2.24, 2.45) is 7.05 Å². The van der Waals surface area contributed by atoms with Gasteiger partial charge < -0.3 is 33.4 Å². The Balaban J connectivity index is 0.000000156. The second kappa shape index (κ2) is 55.7. The van der Waals surface area contributed by atoms with Gasteiger partial charge in [-0.25, -0.2) is 4.98 Å². The van der Waals surface area contributed by atoms with E-state index in [0.717, 1.165) is 176 Å². The van der Waals surface area contributed by atoms with Crippen molar-refractivity contribution in [2.45, 2.75) is 134 Å². The Kier molecular flexibility index (Phi) is 40.4. The molecule has 0 saturated carbocycles. The number of hydrogen-bond acceptors (Lipinski definition) is 17. The average molecular weight is 2080 g/mol. The summed E-state index contributed by atoms with van der Waals surface area (Å²) in [7, 11) is 1.97. The molecule has 5 aromatic heterocycles. The number of halogens is 14. The van der Waals surface area contributed by atoms with Crippen molar-refractivity contribution in [1.82, 2.24) is 54.0 Å². The van der Waals surface area contributed by atoms with Crippen molar-refractivity contribution in [3.63, 3.8) is 0 Å². The molecular formula is C115H117Cl2F12N11O6S. The number of benzene rings is 10. The number of fused-ring (bicyclic) bond motifs is 2. The molecule has 0 saturated heterocycles. The molecule has 0 amide bonds. The zero-order chi connectivity index (χ0) is 107. The normalized spacial score (nSPS) is 14.8. The molecule has 32 heteroatoms. The highest BCUT2D eigenvalue weighted by molar-refractivity contribution is 7.09. The first-order valence-electron chi connectivity index (χ1n) is 49.5. The van der Waals surface area contributed by atoms with Crippen LogP contribution in [0.2, 0.25) is 10.0 Å². The lowest BCUT2D eigenvalue weighted by atomic mass is 9.89. The summed E-state index contributed by atoms with van der Waals surface area (Å²) in [4.78, 5) is 32.9. The fraction of sp³-hybridized carbons (Fsp3) is 0.296. The number of rotatable bonds is 39. The zero-order valence-corrected chi connectivity index (χ0v) is 83.7. The smallest absolute Gasteiger partial charge is 0.416 e. The average Bonchev–Trinajstić information content (AvgIpc) is 1.18. The van der Waals surface area contributed by atoms with E-state index in [1.807, 2.05) is 152 Å². The number of aryl methyl sites for hydroxylation is 3. The van der Waals surface area contributed by atoms with Crippen LogP contribution < -0.4 is 23.7 Å². The molecule has 0 fully saturated rings. The van der Waals surface area contributed by atoms with E-state index in [9.17, 15) is 59.2 Å². The van der Waals surface area contributed by atoms with Crippen LogP contribution in [0.25, 0.3) is 0 Å². The number of thiazole rings is 1. The van der Waals surface area contributed by atoms with E-state index < -0.39 is 65.6 Å². The maximum Gasteiger partial charge on any atom is 0.416 e. The number of aliphatic hydroxyl groups excluding tert-OH is 1. The molecule has 1 N–H and O–H groups in total. The molecule has 0 spiro atoms. The Labute approximate surface area is 868 Å². The molecular weight excluding hydrogens is 1960 g/mol. The van der Waals surface area contributed by atoms with Gasteiger partial charge >= 0.3 is 24.7 Å². The van der Waals surface area contributed by atoms with Crippen LogP contribution in [0.1, 0.15) is 142 Å². The fourth-order valence-electron chi connectivity index (χ4n) is 16.5. The summed E-state index contributed by atoms with van der Waals surface area (Å²) in [5.74, 6) is 3.37. The minimum atomic E-state index is -4.35. The first-order valence-corrected chi connectivity index (χ1v) is 49.6. The maximum absolute atomic E-state index is 12.7. The quantitative estimate of drug-likeness (QED) is 0.0287. The van der Waals surface area contributed by atoms with Crippen LogP contribution in [0.5, 0.6) is 28.7 Å². The summed E-state index contributed by atoms with van der Waals surface area (Å²) in [6.45, 7) is 11.8. The lowest BCUT2D eigenvalue weighted by Crippen LogP contribution is -2.37. The number of pyridine rings is 3. The first kappa shape index (κ1) is 107. The highest BCUT2D eigenvalue weighted by Gasteiger charge is 2.35. The third-order valence-corrected chi connectivity index (χ3v) is 25.6. The maximum atomic E-state index is 12.7. The molecule has 17 nitrogen and oxygen atoms in total. The number of alkyl halides is 12. The van der Waals surface area contributed by atoms with E-state index in [4.69, 9.17) is 49.6 Å². The lowest BCUT2D eigenvalue weighted by Gasteiger charge is -2.37. The monoisotopic (exact) mass is 2080 g/mol. The van der Waals surface area contributed by atoms with Gasteiger partial charge in [-0.2, -0.15) is 52.7 Å². The second-order valence-electron chi connectivity index (χ2n) is 35.0. The van der Waals surface area contributed by atoms with Gasteiger partial charge in [-0.05, 0) is 253 Å². The molecule has 3 atom stereocenters. The van der Waals surface area contributed by atoms with Crippen LogP contribution >= 0.6 is 34.5 Å². The van der Waals surface area contributed by atoms with Crippen LogP contribution in [0.4, 0.5) is 52.7 Å². The van der Waals surface area contributed by atoms with Crippen molar-refractivity contribution < 1.29 is 85.6 Å². The highest BCUT2D eigenvalue weighted by Crippen LogP contribution is 2.40. The minimum Gasteiger partial charge on any atom is -0.494 e. The van der Waals surface area contributed by atoms with Crippen LogP contribution in [-0.2, 0) is 83.8 Å². The summed E-state index contributed by atoms with van der Waals surface area (Å²) in [6.07, 6.45) is 2.27. The van der Waals surface area contributed by atoms with Gasteiger partial charge in [-0.3, -0.25) is 44.4 Å². The topological polar surface area (TPSA) is 152 Å². The van der Waals surface area contributed by atoms with Gasteiger partial charge in [-0.1, -0.05) is 168 Å². The molecule has 147 heavy (non-hydrogen) atoms. The molecule has 2 aliphatic rings. The van der Waals surface area contributed by atoms with Crippen molar-refractivity contribution in [3.05, 3.63) is 450 Å². The lowest BCUT2D eigenvalue weighted by molar-refractivity contribution is -0.138. The third kappa shape index (κ3) is 35.9. The van der Waals surface area contributed by atoms with Crippen molar-refractivity contribution in [1.29, 1.82) is 0 Å². The summed E-state index contributed by atoms with van der Waals surface area (Å²) < 4.78 is 209. The molecule has 772 valence electrons. The third-order valence-electron chi connectivity index (χ3n) is 24.1. The summed E-state index contributed by atoms with van der Waals surface area (Å²) >= 11 is 14.2. The summed E-state index contributed by atoms with van der Waals surface area (Å²) in [5.41, 5.74) is 11.7. The zero-order valence-electron chi connectivity index (χ0n) is 84.4. The van der Waals surface area contributed by atoms with Gasteiger partial charge in [-0.15, -0.1) is 11.3 Å². The Bertz CT molecular complexity index is 6570. The van der Waals surface area contributed by atoms with E-state index in [1.165, 1.54) is 82.5 Å². The van der Waals surface area contributed by atoms with Crippen molar-refractivity contribution >= 4 is 34.5 Å². The molecule has 10 aromatic carbocycles. The van der Waals surface area contributed by atoms with Gasteiger partial charge in [0.05, 0.1) is 74.2 Å². The highest BCUT2D eigenvalue weighted by atomic mass is 35.5. The number of imidazole rings is 1. The van der Waals surface area contributed by atoms with E-state index in [1.54, 1.807) is 70.9 Å². The van der Waals surface area contributed by atoms with Crippen LogP contribution in [0.3, 0.4) is 0 Å². The number of aliphatic hydroxyl groups is 1. The number of hydrogen-bond donors (Lipinski definition) is 1. The SMILES string of the molecule is Cc1ccccc1CN(CCCOc1ccc(C(F)(F)F)cc1)Cc1nccn1C.FC(F)(F)c1ccc(OCCCN(Cc2cncs2)Cc2ccccc2Cl)cc1.FC(F)(F)c1ccc(OCCCN2CCc3ccccc3C2c2cccnc2)cc1.[2H]C([2H])(c1cccnc1)N(Cc1ccccc1Cl)CC(O)COc1ccc(C)cc1.[2H]C1(c2cccnc2)c2ccccc2CCN1CCCOc1ccc(C(F)(F)F)cc1. The number of nitrogens with zero attached hydrogens (tertiary/aromatic N) is 11. The molecule has 7 heterocycles. The fourth-order valence-corrected chi connectivity index (χ4v) is 17.5. The van der Waals surface area contributed by atoms with Crippen molar-refractivity contribution in [2.75, 3.05) is 78.8 Å². The Hall–Kier alpha value is -13.0. The van der Waals surface area contributed by atoms with E-state index in [0.29, 0.717) is 91.8 Å². The predicted molar refractivity (Wildman–Crippen MR) is 550 cm³/mol. The molecule has 0 aliphatic carbocycles. The van der Waals surface area contributed by atoms with Gasteiger partial charge in [0, 0.05) is 159 Å². The van der Waals surface area contributed by atoms with E-state index in [2.05, 4.69) is 100.0 Å². The van der Waals surface area contributed by atoms with Crippen LogP contribution in [0, 0.1) is 13.8 Å². The predicted octanol–water partition coefficient (Wildman–Crippen LogP) is 27.0. The molecule has 3 unspecified atom stereocenters. The van der Waals surface area contributed by atoms with Gasteiger partial charge in [0.25, 0.3) is 0 Å². The summed E-state index contributed by atoms with van der Waals surface area (Å²) in [5, 5.41) is 11.9. The molecule has 17 rings (SSSR count). The Morgan fingerprint density at radius 2 is 0.850 bits per heavy atom. The molecule has 2 aliphatic heterocycles. The molecule has 0 bridgehead atoms. The van der Waals surface area contributed by atoms with Gasteiger partial charge in [0.2, 0.25) is 0 Å². The first-order chi connectivity index (χ1) is 72.0. The van der Waals surface area contributed by atoms with E-state index in [-0.39, 0.29) is 25.7 Å². The number of ether oxygens (including phenoxy) is 5.